The van der Waals surface area contributed by atoms with Crippen molar-refractivity contribution in [2.24, 2.45) is 5.14 Å². The minimum Gasteiger partial charge on any atom is -0.486 e. The SMILES string of the molecule is Cc1ccc(OCc2cncn2C2CC2)c(S(N)(=O)=O)c1. The predicted molar refractivity (Wildman–Crippen MR) is 77.4 cm³/mol. The molecule has 7 heteroatoms. The topological polar surface area (TPSA) is 87.2 Å². The molecule has 1 saturated carbocycles. The van der Waals surface area contributed by atoms with Gasteiger partial charge in [0.15, 0.2) is 0 Å². The number of primary sulfonamides is 1. The molecule has 0 unspecified atom stereocenters. The number of aromatic nitrogens is 2. The fourth-order valence-electron chi connectivity index (χ4n) is 2.23. The van der Waals surface area contributed by atoms with Crippen LogP contribution in [0, 0.1) is 6.92 Å². The first-order chi connectivity index (χ1) is 9.95. The molecule has 0 bridgehead atoms. The van der Waals surface area contributed by atoms with E-state index in [9.17, 15) is 8.42 Å². The van der Waals surface area contributed by atoms with E-state index in [0.29, 0.717) is 6.04 Å². The summed E-state index contributed by atoms with van der Waals surface area (Å²) in [5, 5.41) is 5.24. The lowest BCUT2D eigenvalue weighted by Crippen LogP contribution is -2.14. The molecule has 3 rings (SSSR count). The molecule has 2 N–H and O–H groups in total. The van der Waals surface area contributed by atoms with E-state index < -0.39 is 10.0 Å². The number of imidazole rings is 1. The zero-order valence-electron chi connectivity index (χ0n) is 11.7. The number of ether oxygens (including phenoxy) is 1. The van der Waals surface area contributed by atoms with Crippen LogP contribution in [0.25, 0.3) is 0 Å². The molecule has 0 saturated heterocycles. The molecule has 21 heavy (non-hydrogen) atoms. The van der Waals surface area contributed by atoms with Crippen LogP contribution >= 0.6 is 0 Å². The van der Waals surface area contributed by atoms with Gasteiger partial charge in [-0.05, 0) is 37.5 Å². The number of nitrogens with two attached hydrogens (primary N) is 1. The number of hydrogen-bond donors (Lipinski definition) is 1. The standard InChI is InChI=1S/C14H17N3O3S/c1-10-2-5-13(14(6-10)21(15,18)19)20-8-12-7-16-9-17(12)11-3-4-11/h2,5-7,9,11H,3-4,8H2,1H3,(H2,15,18,19). The summed E-state index contributed by atoms with van der Waals surface area (Å²) in [6, 6.07) is 5.44. The molecule has 1 aliphatic rings. The average molecular weight is 307 g/mol. The molecular formula is C14H17N3O3S. The molecule has 2 aromatic rings. The highest BCUT2D eigenvalue weighted by Gasteiger charge is 2.25. The maximum atomic E-state index is 11.6. The van der Waals surface area contributed by atoms with Gasteiger partial charge in [-0.25, -0.2) is 18.5 Å². The first-order valence-electron chi connectivity index (χ1n) is 6.72. The van der Waals surface area contributed by atoms with Crippen molar-refractivity contribution in [2.75, 3.05) is 0 Å². The highest BCUT2D eigenvalue weighted by molar-refractivity contribution is 7.89. The molecule has 1 aliphatic carbocycles. The molecule has 0 aliphatic heterocycles. The van der Waals surface area contributed by atoms with Crippen molar-refractivity contribution in [1.82, 2.24) is 9.55 Å². The van der Waals surface area contributed by atoms with Crippen LogP contribution in [0.3, 0.4) is 0 Å². The number of rotatable bonds is 5. The number of nitrogens with zero attached hydrogens (tertiary/aromatic N) is 2. The molecule has 1 heterocycles. The Morgan fingerprint density at radius 3 is 2.86 bits per heavy atom. The summed E-state index contributed by atoms with van der Waals surface area (Å²) in [6.45, 7) is 2.07. The molecule has 0 amide bonds. The summed E-state index contributed by atoms with van der Waals surface area (Å²) in [5.74, 6) is 0.270. The first kappa shape index (κ1) is 14.1. The van der Waals surface area contributed by atoms with E-state index in [0.717, 1.165) is 24.1 Å². The van der Waals surface area contributed by atoms with Gasteiger partial charge in [-0.2, -0.15) is 0 Å². The van der Waals surface area contributed by atoms with E-state index >= 15 is 0 Å². The summed E-state index contributed by atoms with van der Waals surface area (Å²) in [5.41, 5.74) is 1.74. The number of sulfonamides is 1. The van der Waals surface area contributed by atoms with E-state index in [4.69, 9.17) is 9.88 Å². The van der Waals surface area contributed by atoms with Crippen LogP contribution < -0.4 is 9.88 Å². The van der Waals surface area contributed by atoms with Crippen molar-refractivity contribution in [1.29, 1.82) is 0 Å². The summed E-state index contributed by atoms with van der Waals surface area (Å²) in [6.07, 6.45) is 5.82. The van der Waals surface area contributed by atoms with Gasteiger partial charge in [-0.1, -0.05) is 6.07 Å². The fourth-order valence-corrected chi connectivity index (χ4v) is 2.99. The molecule has 0 atom stereocenters. The predicted octanol–water partition coefficient (Wildman–Crippen LogP) is 1.75. The van der Waals surface area contributed by atoms with Crippen molar-refractivity contribution in [3.05, 3.63) is 42.0 Å². The van der Waals surface area contributed by atoms with Crippen LogP contribution in [0.2, 0.25) is 0 Å². The lowest BCUT2D eigenvalue weighted by molar-refractivity contribution is 0.287. The Kier molecular flexibility index (Phi) is 3.46. The summed E-state index contributed by atoms with van der Waals surface area (Å²) in [7, 11) is -3.81. The molecule has 1 fully saturated rings. The van der Waals surface area contributed by atoms with Gasteiger partial charge in [0.1, 0.15) is 17.3 Å². The Bertz CT molecular complexity index is 764. The van der Waals surface area contributed by atoms with E-state index in [1.54, 1.807) is 31.6 Å². The highest BCUT2D eigenvalue weighted by atomic mass is 32.2. The first-order valence-corrected chi connectivity index (χ1v) is 8.27. The summed E-state index contributed by atoms with van der Waals surface area (Å²) < 4.78 is 31.0. The third kappa shape index (κ3) is 3.08. The maximum Gasteiger partial charge on any atom is 0.241 e. The number of benzene rings is 1. The van der Waals surface area contributed by atoms with Crippen LogP contribution in [-0.4, -0.2) is 18.0 Å². The molecule has 6 nitrogen and oxygen atoms in total. The van der Waals surface area contributed by atoms with Gasteiger partial charge in [0.2, 0.25) is 10.0 Å². The lowest BCUT2D eigenvalue weighted by atomic mass is 10.2. The van der Waals surface area contributed by atoms with Crippen LogP contribution in [0.15, 0.2) is 35.6 Å². The molecule has 1 aromatic heterocycles. The monoisotopic (exact) mass is 307 g/mol. The quantitative estimate of drug-likeness (QED) is 0.911. The van der Waals surface area contributed by atoms with E-state index in [1.165, 1.54) is 6.07 Å². The average Bonchev–Trinajstić information content (AvgIpc) is 3.15. The van der Waals surface area contributed by atoms with Gasteiger partial charge in [-0.3, -0.25) is 0 Å². The molecule has 1 aromatic carbocycles. The second kappa shape index (κ2) is 5.16. The van der Waals surface area contributed by atoms with Gasteiger partial charge in [0.05, 0.1) is 18.2 Å². The van der Waals surface area contributed by atoms with Gasteiger partial charge in [-0.15, -0.1) is 0 Å². The third-order valence-electron chi connectivity index (χ3n) is 3.47. The second-order valence-corrected chi connectivity index (χ2v) is 6.84. The highest BCUT2D eigenvalue weighted by Crippen LogP contribution is 2.36. The molecule has 112 valence electrons. The minimum absolute atomic E-state index is 0.0139. The molecule has 0 spiro atoms. The Balaban J connectivity index is 1.83. The third-order valence-corrected chi connectivity index (χ3v) is 4.40. The van der Waals surface area contributed by atoms with Gasteiger partial charge < -0.3 is 9.30 Å². The lowest BCUT2D eigenvalue weighted by Gasteiger charge is -2.12. The smallest absolute Gasteiger partial charge is 0.241 e. The van der Waals surface area contributed by atoms with Crippen LogP contribution in [0.1, 0.15) is 30.1 Å². The number of hydrogen-bond acceptors (Lipinski definition) is 4. The maximum absolute atomic E-state index is 11.6. The van der Waals surface area contributed by atoms with Crippen molar-refractivity contribution in [2.45, 2.75) is 37.3 Å². The van der Waals surface area contributed by atoms with Crippen LogP contribution in [-0.2, 0) is 16.6 Å². The van der Waals surface area contributed by atoms with Crippen molar-refractivity contribution in [3.8, 4) is 5.75 Å². The van der Waals surface area contributed by atoms with Crippen molar-refractivity contribution < 1.29 is 13.2 Å². The zero-order chi connectivity index (χ0) is 15.0. The zero-order valence-corrected chi connectivity index (χ0v) is 12.5. The minimum atomic E-state index is -3.81. The Labute approximate surface area is 123 Å². The van der Waals surface area contributed by atoms with E-state index in [2.05, 4.69) is 9.55 Å². The van der Waals surface area contributed by atoms with Gasteiger partial charge in [0, 0.05) is 6.04 Å². The largest absolute Gasteiger partial charge is 0.486 e. The van der Waals surface area contributed by atoms with Crippen LogP contribution in [0.4, 0.5) is 0 Å². The Morgan fingerprint density at radius 1 is 1.43 bits per heavy atom. The Morgan fingerprint density at radius 2 is 2.19 bits per heavy atom. The fraction of sp³-hybridized carbons (Fsp3) is 0.357. The number of aryl methyl sites for hydroxylation is 1. The van der Waals surface area contributed by atoms with Crippen molar-refractivity contribution in [3.63, 3.8) is 0 Å². The van der Waals surface area contributed by atoms with Gasteiger partial charge in [0.25, 0.3) is 0 Å². The molecular weight excluding hydrogens is 290 g/mol. The summed E-state index contributed by atoms with van der Waals surface area (Å²) in [4.78, 5) is 4.13. The Hall–Kier alpha value is -1.86. The normalized spacial score (nSPS) is 15.1. The molecule has 0 radical (unpaired) electrons. The summed E-state index contributed by atoms with van der Waals surface area (Å²) >= 11 is 0. The van der Waals surface area contributed by atoms with Crippen LogP contribution in [0.5, 0.6) is 5.75 Å². The van der Waals surface area contributed by atoms with Gasteiger partial charge >= 0.3 is 0 Å². The van der Waals surface area contributed by atoms with E-state index in [1.807, 2.05) is 0 Å². The van der Waals surface area contributed by atoms with E-state index in [-0.39, 0.29) is 17.3 Å². The van der Waals surface area contributed by atoms with Crippen molar-refractivity contribution >= 4 is 10.0 Å². The second-order valence-electron chi connectivity index (χ2n) is 5.31.